The van der Waals surface area contributed by atoms with E-state index in [1.807, 2.05) is 0 Å². The van der Waals surface area contributed by atoms with Crippen LogP contribution in [0.25, 0.3) is 0 Å². The molecule has 1 heterocycles. The number of rotatable bonds is 4. The van der Waals surface area contributed by atoms with E-state index in [1.54, 1.807) is 19.9 Å². The summed E-state index contributed by atoms with van der Waals surface area (Å²) in [7, 11) is -3.81. The smallest absolute Gasteiger partial charge is 0.241 e. The van der Waals surface area contributed by atoms with E-state index in [2.05, 4.69) is 16.1 Å². The van der Waals surface area contributed by atoms with Crippen LogP contribution in [0.2, 0.25) is 0 Å². The van der Waals surface area contributed by atoms with Crippen LogP contribution in [0.1, 0.15) is 38.2 Å². The molecule has 0 aromatic heterocycles. The quantitative estimate of drug-likeness (QED) is 0.882. The summed E-state index contributed by atoms with van der Waals surface area (Å²) >= 11 is 0. The normalized spacial score (nSPS) is 23.3. The van der Waals surface area contributed by atoms with Gasteiger partial charge in [-0.05, 0) is 56.4 Å². The molecule has 1 aromatic carbocycles. The third-order valence-corrected chi connectivity index (χ3v) is 5.99. The van der Waals surface area contributed by atoms with Gasteiger partial charge >= 0.3 is 0 Å². The van der Waals surface area contributed by atoms with Crippen LogP contribution >= 0.6 is 0 Å². The van der Waals surface area contributed by atoms with Crippen LogP contribution in [-0.2, 0) is 14.8 Å². The zero-order chi connectivity index (χ0) is 16.1. The first-order valence-electron chi connectivity index (χ1n) is 7.17. The highest BCUT2D eigenvalue weighted by atomic mass is 32.2. The number of hydrogen-bond donors (Lipinski definition) is 2. The van der Waals surface area contributed by atoms with Crippen molar-refractivity contribution in [2.45, 2.75) is 43.0 Å². The highest BCUT2D eigenvalue weighted by Crippen LogP contribution is 2.40. The number of sulfonamides is 1. The van der Waals surface area contributed by atoms with Gasteiger partial charge in [-0.15, -0.1) is 0 Å². The number of hydrogen-bond acceptors (Lipinski definition) is 4. The van der Waals surface area contributed by atoms with Crippen molar-refractivity contribution in [3.8, 4) is 6.07 Å². The third-order valence-electron chi connectivity index (χ3n) is 4.42. The van der Waals surface area contributed by atoms with Crippen LogP contribution in [0.4, 0.5) is 5.69 Å². The van der Waals surface area contributed by atoms with Crippen LogP contribution in [0.3, 0.4) is 0 Å². The van der Waals surface area contributed by atoms with E-state index in [4.69, 9.17) is 0 Å². The van der Waals surface area contributed by atoms with Crippen molar-refractivity contribution in [3.05, 3.63) is 23.8 Å². The number of amides is 1. The second kappa shape index (κ2) is 4.80. The molecule has 1 aliphatic carbocycles. The maximum absolute atomic E-state index is 12.6. The van der Waals surface area contributed by atoms with Gasteiger partial charge in [-0.1, -0.05) is 0 Å². The van der Waals surface area contributed by atoms with Gasteiger partial charge in [0.25, 0.3) is 0 Å². The molecule has 1 amide bonds. The van der Waals surface area contributed by atoms with Crippen molar-refractivity contribution in [3.63, 3.8) is 0 Å². The van der Waals surface area contributed by atoms with Crippen molar-refractivity contribution < 1.29 is 13.2 Å². The first-order valence-corrected chi connectivity index (χ1v) is 8.65. The molecule has 0 spiro atoms. The average molecular weight is 319 g/mol. The van der Waals surface area contributed by atoms with Crippen molar-refractivity contribution in [2.75, 3.05) is 5.32 Å². The summed E-state index contributed by atoms with van der Waals surface area (Å²) in [6.07, 6.45) is 1.71. The van der Waals surface area contributed by atoms with Gasteiger partial charge in [-0.25, -0.2) is 8.42 Å². The zero-order valence-electron chi connectivity index (χ0n) is 12.4. The molecule has 0 saturated heterocycles. The molecule has 2 atom stereocenters. The molecular formula is C15H17N3O3S. The van der Waals surface area contributed by atoms with Gasteiger partial charge in [0.2, 0.25) is 15.9 Å². The lowest BCUT2D eigenvalue weighted by atomic mass is 10.0. The standard InChI is InChI=1S/C15H17N3O3S/c1-9-12-7-11(5-6-13(12)17-14(9)19)22(20,21)18-15(2,8-16)10-3-4-10/h5-7,9-10,18H,3-4H2,1-2H3,(H,17,19)/t9-,15+/m0/s1. The molecule has 2 aliphatic rings. The second-order valence-corrected chi connectivity index (χ2v) is 7.84. The van der Waals surface area contributed by atoms with Gasteiger partial charge in [0.05, 0.1) is 16.9 Å². The first kappa shape index (κ1) is 15.0. The number of anilines is 1. The van der Waals surface area contributed by atoms with Gasteiger partial charge in [-0.2, -0.15) is 9.98 Å². The Bertz CT molecular complexity index is 793. The van der Waals surface area contributed by atoms with Crippen molar-refractivity contribution in [1.82, 2.24) is 4.72 Å². The lowest BCUT2D eigenvalue weighted by Gasteiger charge is -2.22. The number of nitriles is 1. The molecular weight excluding hydrogens is 302 g/mol. The van der Waals surface area contributed by atoms with Crippen molar-refractivity contribution >= 4 is 21.6 Å². The Hall–Kier alpha value is -1.91. The molecule has 0 unspecified atom stereocenters. The second-order valence-electron chi connectivity index (χ2n) is 6.15. The summed E-state index contributed by atoms with van der Waals surface area (Å²) in [5, 5.41) is 12.0. The van der Waals surface area contributed by atoms with E-state index in [9.17, 15) is 18.5 Å². The number of carbonyl (C=O) groups is 1. The third kappa shape index (κ3) is 2.38. The maximum atomic E-state index is 12.6. The molecule has 3 rings (SSSR count). The largest absolute Gasteiger partial charge is 0.325 e. The molecule has 2 N–H and O–H groups in total. The Morgan fingerprint density at radius 1 is 1.41 bits per heavy atom. The molecule has 0 bridgehead atoms. The van der Waals surface area contributed by atoms with Crippen molar-refractivity contribution in [2.24, 2.45) is 5.92 Å². The molecule has 1 aromatic rings. The van der Waals surface area contributed by atoms with E-state index >= 15 is 0 Å². The summed E-state index contributed by atoms with van der Waals surface area (Å²) < 4.78 is 27.6. The average Bonchev–Trinajstić information content (AvgIpc) is 3.27. The highest BCUT2D eigenvalue weighted by Gasteiger charge is 2.45. The Morgan fingerprint density at radius 2 is 2.09 bits per heavy atom. The number of carbonyl (C=O) groups excluding carboxylic acids is 1. The number of nitrogens with one attached hydrogen (secondary N) is 2. The van der Waals surface area contributed by atoms with Gasteiger partial charge in [0.15, 0.2) is 0 Å². The van der Waals surface area contributed by atoms with Gasteiger partial charge in [-0.3, -0.25) is 4.79 Å². The molecule has 1 fully saturated rings. The van der Waals surface area contributed by atoms with E-state index in [0.29, 0.717) is 11.3 Å². The zero-order valence-corrected chi connectivity index (χ0v) is 13.2. The summed E-state index contributed by atoms with van der Waals surface area (Å²) in [5.41, 5.74) is 0.219. The minimum Gasteiger partial charge on any atom is -0.325 e. The molecule has 1 aliphatic heterocycles. The first-order chi connectivity index (χ1) is 10.3. The fourth-order valence-corrected chi connectivity index (χ4v) is 4.18. The van der Waals surface area contributed by atoms with Gasteiger partial charge in [0.1, 0.15) is 5.54 Å². The van der Waals surface area contributed by atoms with Gasteiger partial charge < -0.3 is 5.32 Å². The summed E-state index contributed by atoms with van der Waals surface area (Å²) in [6, 6.07) is 6.62. The van der Waals surface area contributed by atoms with E-state index < -0.39 is 15.6 Å². The summed E-state index contributed by atoms with van der Waals surface area (Å²) in [6.45, 7) is 3.35. The Kier molecular flexibility index (Phi) is 3.27. The molecule has 116 valence electrons. The number of nitrogens with zero attached hydrogens (tertiary/aromatic N) is 1. The predicted molar refractivity (Wildman–Crippen MR) is 80.6 cm³/mol. The predicted octanol–water partition coefficient (Wildman–Crippen LogP) is 1.71. The van der Waals surface area contributed by atoms with Crippen LogP contribution in [0.15, 0.2) is 23.1 Å². The fourth-order valence-electron chi connectivity index (χ4n) is 2.76. The SMILES string of the molecule is C[C@@H]1C(=O)Nc2ccc(S(=O)(=O)N[C@](C)(C#N)C3CC3)cc21. The lowest BCUT2D eigenvalue weighted by molar-refractivity contribution is -0.116. The minimum atomic E-state index is -3.81. The topological polar surface area (TPSA) is 99.1 Å². The van der Waals surface area contributed by atoms with E-state index in [1.165, 1.54) is 12.1 Å². The monoisotopic (exact) mass is 319 g/mol. The van der Waals surface area contributed by atoms with Crippen LogP contribution < -0.4 is 10.0 Å². The Labute approximate surface area is 129 Å². The highest BCUT2D eigenvalue weighted by molar-refractivity contribution is 7.89. The minimum absolute atomic E-state index is 0.0591. The van der Waals surface area contributed by atoms with Crippen LogP contribution in [0, 0.1) is 17.2 Å². The Morgan fingerprint density at radius 3 is 2.68 bits per heavy atom. The number of fused-ring (bicyclic) bond motifs is 1. The molecule has 22 heavy (non-hydrogen) atoms. The van der Waals surface area contributed by atoms with E-state index in [0.717, 1.165) is 12.8 Å². The molecule has 7 heteroatoms. The maximum Gasteiger partial charge on any atom is 0.241 e. The summed E-state index contributed by atoms with van der Waals surface area (Å²) in [5.74, 6) is -0.461. The lowest BCUT2D eigenvalue weighted by Crippen LogP contribution is -2.46. The van der Waals surface area contributed by atoms with Crippen LogP contribution in [-0.4, -0.2) is 19.9 Å². The van der Waals surface area contributed by atoms with E-state index in [-0.39, 0.29) is 22.6 Å². The molecule has 0 radical (unpaired) electrons. The summed E-state index contributed by atoms with van der Waals surface area (Å²) in [4.78, 5) is 11.7. The van der Waals surface area contributed by atoms with Crippen LogP contribution in [0.5, 0.6) is 0 Å². The number of benzene rings is 1. The van der Waals surface area contributed by atoms with Gasteiger partial charge in [0, 0.05) is 5.69 Å². The molecule has 1 saturated carbocycles. The van der Waals surface area contributed by atoms with Crippen molar-refractivity contribution in [1.29, 1.82) is 5.26 Å². The Balaban J connectivity index is 1.94. The molecule has 6 nitrogen and oxygen atoms in total. The fraction of sp³-hybridized carbons (Fsp3) is 0.467.